The summed E-state index contributed by atoms with van der Waals surface area (Å²) in [6.45, 7) is 1.59. The van der Waals surface area contributed by atoms with E-state index >= 15 is 0 Å². The smallest absolute Gasteiger partial charge is 0.316 e. The van der Waals surface area contributed by atoms with Gasteiger partial charge >= 0.3 is 12.3 Å². The Labute approximate surface area is 157 Å². The summed E-state index contributed by atoms with van der Waals surface area (Å²) in [7, 11) is 0. The number of halogens is 5. The van der Waals surface area contributed by atoms with E-state index in [0.29, 0.717) is 11.5 Å². The maximum atomic E-state index is 14.1. The third-order valence-electron chi connectivity index (χ3n) is 5.20. The van der Waals surface area contributed by atoms with E-state index in [1.54, 1.807) is 0 Å². The summed E-state index contributed by atoms with van der Waals surface area (Å²) in [4.78, 5) is 0. The molecule has 0 saturated heterocycles. The van der Waals surface area contributed by atoms with Crippen LogP contribution in [0.4, 0.5) is 22.0 Å². The van der Waals surface area contributed by atoms with E-state index in [2.05, 4.69) is 6.08 Å². The van der Waals surface area contributed by atoms with Crippen molar-refractivity contribution in [2.24, 2.45) is 11.8 Å². The van der Waals surface area contributed by atoms with Gasteiger partial charge in [-0.1, -0.05) is 37.1 Å². The molecule has 1 aromatic carbocycles. The van der Waals surface area contributed by atoms with E-state index in [4.69, 9.17) is 4.74 Å². The van der Waals surface area contributed by atoms with Crippen LogP contribution in [-0.4, -0.2) is 6.11 Å². The molecule has 1 saturated carbocycles. The Morgan fingerprint density at radius 2 is 1.56 bits per heavy atom. The molecule has 1 aliphatic carbocycles. The molecule has 0 atom stereocenters. The average Bonchev–Trinajstić information content (AvgIpc) is 2.61. The number of hydrogen-bond donors (Lipinski definition) is 0. The molecule has 0 spiro atoms. The van der Waals surface area contributed by atoms with Gasteiger partial charge < -0.3 is 4.74 Å². The van der Waals surface area contributed by atoms with E-state index in [9.17, 15) is 22.0 Å². The Kier molecular flexibility index (Phi) is 7.83. The van der Waals surface area contributed by atoms with Crippen molar-refractivity contribution >= 4 is 0 Å². The van der Waals surface area contributed by atoms with Crippen molar-refractivity contribution in [3.8, 4) is 0 Å². The minimum absolute atomic E-state index is 0.0643. The minimum Gasteiger partial charge on any atom is -0.316 e. The maximum absolute atomic E-state index is 14.1. The van der Waals surface area contributed by atoms with Gasteiger partial charge in [-0.05, 0) is 62.1 Å². The summed E-state index contributed by atoms with van der Waals surface area (Å²) in [5.41, 5.74) is -0.500. The first-order valence-electron chi connectivity index (χ1n) is 9.48. The topological polar surface area (TPSA) is 9.23 Å². The molecule has 0 radical (unpaired) electrons. The van der Waals surface area contributed by atoms with Gasteiger partial charge in [0.2, 0.25) is 0 Å². The summed E-state index contributed by atoms with van der Waals surface area (Å²) in [6.07, 6.45) is 1.79. The lowest BCUT2D eigenvalue weighted by atomic mass is 9.78. The van der Waals surface area contributed by atoms with Gasteiger partial charge in [0.15, 0.2) is 0 Å². The molecule has 1 nitrogen and oxygen atoms in total. The number of allylic oxidation sites excluding steroid dienone is 2. The Bertz CT molecular complexity index is 584. The third-order valence-corrected chi connectivity index (χ3v) is 5.20. The molecular formula is C21H27F5O. The number of rotatable bonds is 8. The first-order valence-corrected chi connectivity index (χ1v) is 9.48. The summed E-state index contributed by atoms with van der Waals surface area (Å²) in [5.74, 6) is 0.546. The lowest BCUT2D eigenvalue weighted by molar-refractivity contribution is -0.256. The second kappa shape index (κ2) is 9.67. The van der Waals surface area contributed by atoms with Crippen molar-refractivity contribution in [2.75, 3.05) is 0 Å². The van der Waals surface area contributed by atoms with Crippen LogP contribution in [0, 0.1) is 11.8 Å². The highest BCUT2D eigenvalue weighted by Gasteiger charge is 2.35. The fourth-order valence-corrected chi connectivity index (χ4v) is 3.60. The molecule has 0 aromatic heterocycles. The van der Waals surface area contributed by atoms with E-state index in [1.807, 2.05) is 13.0 Å². The predicted molar refractivity (Wildman–Crippen MR) is 95.3 cm³/mol. The first kappa shape index (κ1) is 21.9. The quantitative estimate of drug-likeness (QED) is 0.333. The van der Waals surface area contributed by atoms with Gasteiger partial charge in [-0.15, -0.1) is 0 Å². The van der Waals surface area contributed by atoms with Crippen LogP contribution < -0.4 is 0 Å². The molecule has 0 aliphatic heterocycles. The van der Waals surface area contributed by atoms with Crippen molar-refractivity contribution in [3.05, 3.63) is 47.5 Å². The highest BCUT2D eigenvalue weighted by molar-refractivity contribution is 5.24. The van der Waals surface area contributed by atoms with Crippen LogP contribution in [-0.2, 0) is 17.5 Å². The Morgan fingerprint density at radius 3 is 2.11 bits per heavy atom. The maximum Gasteiger partial charge on any atom is 0.416 e. The zero-order chi connectivity index (χ0) is 19.9. The van der Waals surface area contributed by atoms with Gasteiger partial charge in [0.05, 0.1) is 12.2 Å². The molecule has 152 valence electrons. The van der Waals surface area contributed by atoms with Crippen molar-refractivity contribution in [1.82, 2.24) is 0 Å². The number of benzene rings is 1. The molecule has 0 bridgehead atoms. The highest BCUT2D eigenvalue weighted by atomic mass is 19.4. The molecule has 2 rings (SSSR count). The lowest BCUT2D eigenvalue weighted by Gasteiger charge is -2.30. The van der Waals surface area contributed by atoms with E-state index in [1.165, 1.54) is 12.1 Å². The largest absolute Gasteiger partial charge is 0.416 e. The second-order valence-corrected chi connectivity index (χ2v) is 7.36. The predicted octanol–water partition coefficient (Wildman–Crippen LogP) is 7.37. The Balaban J connectivity index is 1.75. The van der Waals surface area contributed by atoms with Crippen LogP contribution in [0.5, 0.6) is 0 Å². The van der Waals surface area contributed by atoms with Crippen LogP contribution in [0.25, 0.3) is 0 Å². The SMILES string of the molecule is CC=CCCC1CCC(CC(F)(F)OCc2ccc(C(F)(F)F)cc2)CC1. The summed E-state index contributed by atoms with van der Waals surface area (Å²) in [6, 6.07) is 4.11. The molecule has 1 fully saturated rings. The summed E-state index contributed by atoms with van der Waals surface area (Å²) < 4.78 is 70.5. The van der Waals surface area contributed by atoms with Gasteiger partial charge in [-0.3, -0.25) is 0 Å². The van der Waals surface area contributed by atoms with Crippen LogP contribution in [0.2, 0.25) is 0 Å². The van der Waals surface area contributed by atoms with Crippen molar-refractivity contribution in [1.29, 1.82) is 0 Å². The van der Waals surface area contributed by atoms with Crippen molar-refractivity contribution < 1.29 is 26.7 Å². The van der Waals surface area contributed by atoms with E-state index in [0.717, 1.165) is 50.7 Å². The van der Waals surface area contributed by atoms with Crippen LogP contribution in [0.1, 0.15) is 63.0 Å². The minimum atomic E-state index is -4.44. The number of alkyl halides is 5. The van der Waals surface area contributed by atoms with Crippen LogP contribution in [0.15, 0.2) is 36.4 Å². The van der Waals surface area contributed by atoms with Crippen LogP contribution >= 0.6 is 0 Å². The fourth-order valence-electron chi connectivity index (χ4n) is 3.60. The first-order chi connectivity index (χ1) is 12.7. The molecule has 0 amide bonds. The Morgan fingerprint density at radius 1 is 0.963 bits per heavy atom. The fraction of sp³-hybridized carbons (Fsp3) is 0.619. The van der Waals surface area contributed by atoms with Crippen LogP contribution in [0.3, 0.4) is 0 Å². The molecular weight excluding hydrogens is 363 g/mol. The molecule has 0 N–H and O–H groups in total. The Hall–Kier alpha value is -1.43. The number of hydrogen-bond acceptors (Lipinski definition) is 1. The van der Waals surface area contributed by atoms with E-state index in [-0.39, 0.29) is 12.3 Å². The average molecular weight is 390 g/mol. The molecule has 1 aromatic rings. The molecule has 1 aliphatic rings. The lowest BCUT2D eigenvalue weighted by Crippen LogP contribution is -2.27. The van der Waals surface area contributed by atoms with Gasteiger partial charge in [0, 0.05) is 6.42 Å². The van der Waals surface area contributed by atoms with Gasteiger partial charge in [-0.25, -0.2) is 0 Å². The monoisotopic (exact) mass is 390 g/mol. The molecule has 27 heavy (non-hydrogen) atoms. The van der Waals surface area contributed by atoms with Gasteiger partial charge in [0.25, 0.3) is 0 Å². The van der Waals surface area contributed by atoms with Crippen molar-refractivity contribution in [2.45, 2.75) is 70.8 Å². The third kappa shape index (κ3) is 7.60. The number of ether oxygens (including phenoxy) is 1. The van der Waals surface area contributed by atoms with E-state index < -0.39 is 24.5 Å². The molecule has 0 heterocycles. The van der Waals surface area contributed by atoms with Gasteiger partial charge in [0.1, 0.15) is 0 Å². The highest BCUT2D eigenvalue weighted by Crippen LogP contribution is 2.38. The second-order valence-electron chi connectivity index (χ2n) is 7.36. The standard InChI is InChI=1S/C21H27F5O/c1-2-3-4-5-16-6-8-17(9-7-16)14-20(22,23)27-15-18-10-12-19(13-11-18)21(24,25)26/h2-3,10-13,16-17H,4-9,14-15H2,1H3. The van der Waals surface area contributed by atoms with Crippen molar-refractivity contribution in [3.63, 3.8) is 0 Å². The summed E-state index contributed by atoms with van der Waals surface area (Å²) >= 11 is 0. The molecule has 6 heteroatoms. The zero-order valence-corrected chi connectivity index (χ0v) is 15.6. The van der Waals surface area contributed by atoms with Gasteiger partial charge in [-0.2, -0.15) is 22.0 Å². The zero-order valence-electron chi connectivity index (χ0n) is 15.6. The molecule has 0 unspecified atom stereocenters. The summed E-state index contributed by atoms with van der Waals surface area (Å²) in [5, 5.41) is 0. The normalized spacial score (nSPS) is 21.7.